The van der Waals surface area contributed by atoms with Crippen molar-refractivity contribution in [3.8, 4) is 17.2 Å². The van der Waals surface area contributed by atoms with Gasteiger partial charge in [0.2, 0.25) is 5.95 Å². The van der Waals surface area contributed by atoms with Crippen molar-refractivity contribution in [1.82, 2.24) is 14.5 Å². The van der Waals surface area contributed by atoms with Crippen molar-refractivity contribution in [2.24, 2.45) is 0 Å². The third-order valence-electron chi connectivity index (χ3n) is 8.62. The number of hydrogen-bond donors (Lipinski definition) is 0. The standard InChI is InChI=1S/C38H21N3O2/c1-2-11-23(12-3-1)34-37-35(33-31(43-37)21-19-26-25-14-7-9-17-30(25)42-36(26)33)40-38(39-34)41-28-16-8-6-15-27(28)32-24-13-5-4-10-22(24)18-20-29(32)41/h1-21H. The molecule has 5 heteroatoms. The zero-order valence-corrected chi connectivity index (χ0v) is 22.8. The van der Waals surface area contributed by atoms with Crippen LogP contribution in [0.25, 0.3) is 93.8 Å². The van der Waals surface area contributed by atoms with Crippen LogP contribution in [0.4, 0.5) is 0 Å². The number of fused-ring (bicyclic) bond motifs is 12. The predicted octanol–water partition coefficient (Wildman–Crippen LogP) is 10.2. The van der Waals surface area contributed by atoms with Crippen molar-refractivity contribution in [2.75, 3.05) is 0 Å². The van der Waals surface area contributed by atoms with Crippen LogP contribution in [0.2, 0.25) is 0 Å². The van der Waals surface area contributed by atoms with Gasteiger partial charge in [0.25, 0.3) is 0 Å². The molecule has 0 radical (unpaired) electrons. The molecule has 0 fully saturated rings. The summed E-state index contributed by atoms with van der Waals surface area (Å²) >= 11 is 0. The van der Waals surface area contributed by atoms with E-state index in [2.05, 4.69) is 89.5 Å². The largest absolute Gasteiger partial charge is 0.455 e. The molecule has 0 saturated heterocycles. The molecule has 0 aliphatic carbocycles. The lowest BCUT2D eigenvalue weighted by Gasteiger charge is -2.09. The first-order valence-corrected chi connectivity index (χ1v) is 14.3. The van der Waals surface area contributed by atoms with Crippen molar-refractivity contribution in [3.63, 3.8) is 0 Å². The fourth-order valence-corrected chi connectivity index (χ4v) is 6.74. The number of nitrogens with zero attached hydrogens (tertiary/aromatic N) is 3. The minimum absolute atomic E-state index is 0.587. The van der Waals surface area contributed by atoms with Crippen molar-refractivity contribution in [2.45, 2.75) is 0 Å². The van der Waals surface area contributed by atoms with Gasteiger partial charge >= 0.3 is 0 Å². The van der Waals surface area contributed by atoms with E-state index in [9.17, 15) is 0 Å². The van der Waals surface area contributed by atoms with E-state index >= 15 is 0 Å². The molecule has 0 aliphatic rings. The molecule has 0 amide bonds. The van der Waals surface area contributed by atoms with Crippen LogP contribution in [0.5, 0.6) is 0 Å². The molecule has 0 bridgehead atoms. The van der Waals surface area contributed by atoms with Crippen LogP contribution in [-0.4, -0.2) is 14.5 Å². The van der Waals surface area contributed by atoms with Crippen LogP contribution < -0.4 is 0 Å². The monoisotopic (exact) mass is 551 g/mol. The predicted molar refractivity (Wildman–Crippen MR) is 174 cm³/mol. The van der Waals surface area contributed by atoms with Gasteiger partial charge in [-0.05, 0) is 41.1 Å². The summed E-state index contributed by atoms with van der Waals surface area (Å²) in [6, 6.07) is 43.8. The molecule has 0 unspecified atom stereocenters. The first-order chi connectivity index (χ1) is 21.3. The van der Waals surface area contributed by atoms with Crippen LogP contribution in [0, 0.1) is 0 Å². The quantitative estimate of drug-likeness (QED) is 0.214. The van der Waals surface area contributed by atoms with E-state index in [0.717, 1.165) is 66.1 Å². The van der Waals surface area contributed by atoms with Gasteiger partial charge in [0.1, 0.15) is 28.0 Å². The second kappa shape index (κ2) is 8.30. The molecule has 4 aromatic heterocycles. The summed E-state index contributed by atoms with van der Waals surface area (Å²) < 4.78 is 15.2. The second-order valence-corrected chi connectivity index (χ2v) is 11.0. The maximum absolute atomic E-state index is 6.55. The van der Waals surface area contributed by atoms with Crippen LogP contribution in [0.1, 0.15) is 0 Å². The number of para-hydroxylation sites is 2. The van der Waals surface area contributed by atoms with E-state index in [4.69, 9.17) is 18.8 Å². The van der Waals surface area contributed by atoms with Gasteiger partial charge in [0.15, 0.2) is 5.58 Å². The second-order valence-electron chi connectivity index (χ2n) is 11.0. The van der Waals surface area contributed by atoms with E-state index in [-0.39, 0.29) is 0 Å². The van der Waals surface area contributed by atoms with Gasteiger partial charge in [0.05, 0.1) is 16.4 Å². The first kappa shape index (κ1) is 22.7. The van der Waals surface area contributed by atoms with Gasteiger partial charge in [-0.3, -0.25) is 4.57 Å². The van der Waals surface area contributed by atoms with E-state index in [0.29, 0.717) is 11.5 Å². The lowest BCUT2D eigenvalue weighted by molar-refractivity contribution is 0.661. The number of benzene rings is 6. The Morgan fingerprint density at radius 1 is 0.465 bits per heavy atom. The highest BCUT2D eigenvalue weighted by Gasteiger charge is 2.24. The Kier molecular flexibility index (Phi) is 4.39. The summed E-state index contributed by atoms with van der Waals surface area (Å²) in [5, 5.41) is 7.72. The highest BCUT2D eigenvalue weighted by atomic mass is 16.3. The van der Waals surface area contributed by atoms with Crippen LogP contribution in [0.3, 0.4) is 0 Å². The molecule has 0 atom stereocenters. The van der Waals surface area contributed by atoms with Crippen LogP contribution in [-0.2, 0) is 0 Å². The average molecular weight is 552 g/mol. The van der Waals surface area contributed by atoms with Gasteiger partial charge < -0.3 is 8.83 Å². The van der Waals surface area contributed by atoms with Crippen molar-refractivity contribution in [1.29, 1.82) is 0 Å². The molecule has 10 rings (SSSR count). The van der Waals surface area contributed by atoms with E-state index in [1.807, 2.05) is 42.5 Å². The Morgan fingerprint density at radius 3 is 2.12 bits per heavy atom. The third-order valence-corrected chi connectivity index (χ3v) is 8.62. The Hall–Kier alpha value is -5.94. The van der Waals surface area contributed by atoms with Crippen molar-refractivity contribution >= 4 is 76.6 Å². The Labute approximate surface area is 244 Å². The molecular formula is C38H21N3O2. The van der Waals surface area contributed by atoms with E-state index in [1.165, 1.54) is 16.2 Å². The molecule has 0 N–H and O–H groups in total. The summed E-state index contributed by atoms with van der Waals surface area (Å²) in [6.07, 6.45) is 0. The molecule has 4 heterocycles. The van der Waals surface area contributed by atoms with Crippen molar-refractivity contribution < 1.29 is 8.83 Å². The zero-order chi connectivity index (χ0) is 28.1. The average Bonchev–Trinajstić information content (AvgIpc) is 3.74. The summed E-state index contributed by atoms with van der Waals surface area (Å²) in [6.45, 7) is 0. The molecule has 0 aliphatic heterocycles. The lowest BCUT2D eigenvalue weighted by atomic mass is 10.0. The van der Waals surface area contributed by atoms with Gasteiger partial charge in [-0.2, -0.15) is 0 Å². The highest BCUT2D eigenvalue weighted by molar-refractivity contribution is 6.23. The zero-order valence-electron chi connectivity index (χ0n) is 22.8. The molecule has 43 heavy (non-hydrogen) atoms. The summed E-state index contributed by atoms with van der Waals surface area (Å²) in [5.41, 5.74) is 7.52. The molecule has 5 nitrogen and oxygen atoms in total. The Balaban J connectivity index is 1.40. The Bertz CT molecular complexity index is 2730. The number of furan rings is 2. The van der Waals surface area contributed by atoms with Crippen LogP contribution >= 0.6 is 0 Å². The van der Waals surface area contributed by atoms with Gasteiger partial charge in [0, 0.05) is 27.1 Å². The van der Waals surface area contributed by atoms with Gasteiger partial charge in [-0.15, -0.1) is 0 Å². The fraction of sp³-hybridized carbons (Fsp3) is 0. The molecule has 0 spiro atoms. The normalized spacial score (nSPS) is 12.2. The number of rotatable bonds is 2. The maximum atomic E-state index is 6.55. The van der Waals surface area contributed by atoms with Gasteiger partial charge in [-0.1, -0.05) is 97.1 Å². The van der Waals surface area contributed by atoms with Crippen LogP contribution in [0.15, 0.2) is 136 Å². The minimum atomic E-state index is 0.587. The van der Waals surface area contributed by atoms with E-state index < -0.39 is 0 Å². The summed E-state index contributed by atoms with van der Waals surface area (Å²) in [4.78, 5) is 10.5. The molecular weight excluding hydrogens is 530 g/mol. The fourth-order valence-electron chi connectivity index (χ4n) is 6.74. The topological polar surface area (TPSA) is 57.0 Å². The number of aromatic nitrogens is 3. The summed E-state index contributed by atoms with van der Waals surface area (Å²) in [5.74, 6) is 0.587. The molecule has 6 aromatic carbocycles. The first-order valence-electron chi connectivity index (χ1n) is 14.3. The van der Waals surface area contributed by atoms with Gasteiger partial charge in [-0.25, -0.2) is 9.97 Å². The van der Waals surface area contributed by atoms with Crippen molar-refractivity contribution in [3.05, 3.63) is 127 Å². The Morgan fingerprint density at radius 2 is 1.21 bits per heavy atom. The highest BCUT2D eigenvalue weighted by Crippen LogP contribution is 2.42. The lowest BCUT2D eigenvalue weighted by Crippen LogP contribution is -2.02. The molecule has 0 saturated carbocycles. The summed E-state index contributed by atoms with van der Waals surface area (Å²) in [7, 11) is 0. The smallest absolute Gasteiger partial charge is 0.236 e. The minimum Gasteiger partial charge on any atom is -0.455 e. The number of hydrogen-bond acceptors (Lipinski definition) is 4. The SMILES string of the molecule is c1ccc(-c2nc(-n3c4ccccc4c4c5ccccc5ccc43)nc3c2oc2ccc4c5ccccc5oc4c23)cc1. The third kappa shape index (κ3) is 3.05. The molecule has 200 valence electrons. The molecule has 10 aromatic rings. The van der Waals surface area contributed by atoms with E-state index in [1.54, 1.807) is 0 Å². The maximum Gasteiger partial charge on any atom is 0.236 e.